The van der Waals surface area contributed by atoms with E-state index in [1.165, 1.54) is 6.07 Å². The van der Waals surface area contributed by atoms with Crippen LogP contribution in [0.4, 0.5) is 0 Å². The summed E-state index contributed by atoms with van der Waals surface area (Å²) in [5, 5.41) is 9.75. The van der Waals surface area contributed by atoms with E-state index in [1.54, 1.807) is 13.0 Å². The summed E-state index contributed by atoms with van der Waals surface area (Å²) in [6.45, 7) is 2.34. The predicted molar refractivity (Wildman–Crippen MR) is 68.7 cm³/mol. The second-order valence-electron chi connectivity index (χ2n) is 4.27. The summed E-state index contributed by atoms with van der Waals surface area (Å²) in [4.78, 5) is 1.90. The SMILES string of the molecule is Cc1c(CS(=O)(=O)Cl)ccc(O)c1CN(C)C. The van der Waals surface area contributed by atoms with E-state index in [9.17, 15) is 13.5 Å². The molecule has 4 nitrogen and oxygen atoms in total. The lowest BCUT2D eigenvalue weighted by Crippen LogP contribution is -2.13. The molecule has 1 aromatic rings. The third-order valence-electron chi connectivity index (χ3n) is 2.49. The number of rotatable bonds is 4. The van der Waals surface area contributed by atoms with Crippen LogP contribution >= 0.6 is 10.7 Å². The maximum atomic E-state index is 11.1. The number of phenols is 1. The van der Waals surface area contributed by atoms with Gasteiger partial charge in [0.05, 0.1) is 5.75 Å². The van der Waals surface area contributed by atoms with Crippen LogP contribution < -0.4 is 0 Å². The van der Waals surface area contributed by atoms with Gasteiger partial charge in [0.1, 0.15) is 5.75 Å². The molecule has 0 fully saturated rings. The van der Waals surface area contributed by atoms with Crippen LogP contribution in [0.1, 0.15) is 16.7 Å². The molecular weight excluding hydrogens is 262 g/mol. The smallest absolute Gasteiger partial charge is 0.236 e. The minimum atomic E-state index is -3.58. The van der Waals surface area contributed by atoms with Crippen molar-refractivity contribution < 1.29 is 13.5 Å². The van der Waals surface area contributed by atoms with Gasteiger partial charge in [-0.2, -0.15) is 0 Å². The van der Waals surface area contributed by atoms with Gasteiger partial charge in [-0.25, -0.2) is 8.42 Å². The molecule has 0 amide bonds. The van der Waals surface area contributed by atoms with Crippen molar-refractivity contribution in [1.29, 1.82) is 0 Å². The lowest BCUT2D eigenvalue weighted by atomic mass is 10.0. The van der Waals surface area contributed by atoms with Crippen molar-refractivity contribution in [2.75, 3.05) is 14.1 Å². The molecule has 0 unspecified atom stereocenters. The van der Waals surface area contributed by atoms with Gasteiger partial charge in [-0.15, -0.1) is 0 Å². The van der Waals surface area contributed by atoms with Crippen molar-refractivity contribution in [1.82, 2.24) is 4.90 Å². The summed E-state index contributed by atoms with van der Waals surface area (Å²) in [6.07, 6.45) is 0. The van der Waals surface area contributed by atoms with E-state index in [2.05, 4.69) is 0 Å². The van der Waals surface area contributed by atoms with E-state index < -0.39 is 9.05 Å². The van der Waals surface area contributed by atoms with Gasteiger partial charge in [0, 0.05) is 22.8 Å². The first kappa shape index (κ1) is 14.3. The standard InChI is InChI=1S/C11H16ClNO3S/c1-8-9(7-17(12,15)16)4-5-11(14)10(8)6-13(2)3/h4-5,14H,6-7H2,1-3H3. The van der Waals surface area contributed by atoms with Crippen molar-refractivity contribution in [2.24, 2.45) is 0 Å². The average molecular weight is 278 g/mol. The Bertz CT molecular complexity index is 512. The molecule has 0 radical (unpaired) electrons. The van der Waals surface area contributed by atoms with Gasteiger partial charge < -0.3 is 10.0 Å². The molecule has 96 valence electrons. The zero-order valence-electron chi connectivity index (χ0n) is 10.1. The second-order valence-corrected chi connectivity index (χ2v) is 7.05. The molecule has 1 rings (SSSR count). The third kappa shape index (κ3) is 4.18. The summed E-state index contributed by atoms with van der Waals surface area (Å²) >= 11 is 0. The molecule has 1 aromatic carbocycles. The highest BCUT2D eigenvalue weighted by Crippen LogP contribution is 2.26. The van der Waals surface area contributed by atoms with Gasteiger partial charge in [0.15, 0.2) is 0 Å². The Morgan fingerprint density at radius 2 is 1.94 bits per heavy atom. The van der Waals surface area contributed by atoms with E-state index in [0.717, 1.165) is 11.1 Å². The van der Waals surface area contributed by atoms with Crippen LogP contribution in [0.15, 0.2) is 12.1 Å². The van der Waals surface area contributed by atoms with Crippen molar-refractivity contribution in [2.45, 2.75) is 19.2 Å². The molecule has 6 heteroatoms. The Labute approximate surface area is 106 Å². The zero-order valence-corrected chi connectivity index (χ0v) is 11.6. The Balaban J connectivity index is 3.19. The Morgan fingerprint density at radius 1 is 1.35 bits per heavy atom. The molecule has 0 aliphatic heterocycles. The minimum absolute atomic E-state index is 0.173. The molecular formula is C11H16ClNO3S. The van der Waals surface area contributed by atoms with Crippen LogP contribution in [0.5, 0.6) is 5.75 Å². The van der Waals surface area contributed by atoms with E-state index in [1.807, 2.05) is 19.0 Å². The Morgan fingerprint density at radius 3 is 2.41 bits per heavy atom. The zero-order chi connectivity index (χ0) is 13.2. The molecule has 0 atom stereocenters. The molecule has 0 aliphatic carbocycles. The normalized spacial score (nSPS) is 12.1. The summed E-state index contributed by atoms with van der Waals surface area (Å²) in [7, 11) is 5.41. The Kier molecular flexibility index (Phi) is 4.41. The average Bonchev–Trinajstić information content (AvgIpc) is 2.15. The Hall–Kier alpha value is -0.780. The first-order chi connectivity index (χ1) is 7.70. The van der Waals surface area contributed by atoms with Gasteiger partial charge >= 0.3 is 0 Å². The highest BCUT2D eigenvalue weighted by atomic mass is 35.7. The van der Waals surface area contributed by atoms with Gasteiger partial charge in [0.25, 0.3) is 0 Å². The molecule has 1 N–H and O–H groups in total. The van der Waals surface area contributed by atoms with Gasteiger partial charge in [-0.3, -0.25) is 0 Å². The molecule has 0 saturated carbocycles. The van der Waals surface area contributed by atoms with E-state index in [-0.39, 0.29) is 11.5 Å². The summed E-state index contributed by atoms with van der Waals surface area (Å²) in [5.74, 6) is -0.0481. The summed E-state index contributed by atoms with van der Waals surface area (Å²) in [6, 6.07) is 3.09. The van der Waals surface area contributed by atoms with Crippen LogP contribution in [0.2, 0.25) is 0 Å². The van der Waals surface area contributed by atoms with Crippen molar-refractivity contribution in [3.8, 4) is 5.75 Å². The fourth-order valence-corrected chi connectivity index (χ4v) is 2.69. The highest BCUT2D eigenvalue weighted by Gasteiger charge is 2.14. The molecule has 0 aliphatic rings. The van der Waals surface area contributed by atoms with Gasteiger partial charge in [-0.1, -0.05) is 6.07 Å². The monoisotopic (exact) mass is 277 g/mol. The number of hydrogen-bond acceptors (Lipinski definition) is 4. The lowest BCUT2D eigenvalue weighted by molar-refractivity contribution is 0.384. The number of benzene rings is 1. The lowest BCUT2D eigenvalue weighted by Gasteiger charge is -2.16. The first-order valence-corrected chi connectivity index (χ1v) is 7.56. The van der Waals surface area contributed by atoms with Crippen LogP contribution in [0.25, 0.3) is 0 Å². The first-order valence-electron chi connectivity index (χ1n) is 5.08. The number of hydrogen-bond donors (Lipinski definition) is 1. The topological polar surface area (TPSA) is 57.6 Å². The van der Waals surface area contributed by atoms with E-state index in [0.29, 0.717) is 12.1 Å². The number of aromatic hydroxyl groups is 1. The minimum Gasteiger partial charge on any atom is -0.508 e. The second kappa shape index (κ2) is 5.25. The van der Waals surface area contributed by atoms with E-state index in [4.69, 9.17) is 10.7 Å². The summed E-state index contributed by atoms with van der Waals surface area (Å²) < 4.78 is 22.1. The fourth-order valence-electron chi connectivity index (χ4n) is 1.65. The maximum Gasteiger partial charge on any atom is 0.236 e. The van der Waals surface area contributed by atoms with Gasteiger partial charge in [-0.05, 0) is 38.2 Å². The predicted octanol–water partition coefficient (Wildman–Crippen LogP) is 1.83. The van der Waals surface area contributed by atoms with Crippen LogP contribution in [-0.4, -0.2) is 32.5 Å². The van der Waals surface area contributed by atoms with Crippen LogP contribution in [0.3, 0.4) is 0 Å². The molecule has 0 heterocycles. The molecule has 0 bridgehead atoms. The van der Waals surface area contributed by atoms with Crippen LogP contribution in [0, 0.1) is 6.92 Å². The number of phenolic OH excluding ortho intramolecular Hbond substituents is 1. The third-order valence-corrected chi connectivity index (χ3v) is 3.47. The van der Waals surface area contributed by atoms with E-state index >= 15 is 0 Å². The molecule has 17 heavy (non-hydrogen) atoms. The molecule has 0 aromatic heterocycles. The number of nitrogens with zero attached hydrogens (tertiary/aromatic N) is 1. The van der Waals surface area contributed by atoms with Gasteiger partial charge in [0.2, 0.25) is 9.05 Å². The quantitative estimate of drug-likeness (QED) is 0.853. The van der Waals surface area contributed by atoms with Crippen molar-refractivity contribution in [3.05, 3.63) is 28.8 Å². The maximum absolute atomic E-state index is 11.1. The van der Waals surface area contributed by atoms with Crippen LogP contribution in [-0.2, 0) is 21.3 Å². The molecule has 0 spiro atoms. The fraction of sp³-hybridized carbons (Fsp3) is 0.455. The summed E-state index contributed by atoms with van der Waals surface area (Å²) in [5.41, 5.74) is 2.12. The van der Waals surface area contributed by atoms with Crippen molar-refractivity contribution in [3.63, 3.8) is 0 Å². The number of halogens is 1. The highest BCUT2D eigenvalue weighted by molar-refractivity contribution is 8.13. The largest absolute Gasteiger partial charge is 0.508 e. The van der Waals surface area contributed by atoms with Crippen molar-refractivity contribution >= 4 is 19.7 Å². The molecule has 0 saturated heterocycles.